The molecule has 21 heavy (non-hydrogen) atoms. The molecule has 2 atom stereocenters. The van der Waals surface area contributed by atoms with Crippen molar-refractivity contribution in [2.45, 2.75) is 31.8 Å². The molecular weight excluding hydrogens is 282 g/mol. The van der Waals surface area contributed by atoms with Crippen molar-refractivity contribution in [2.75, 3.05) is 13.1 Å². The van der Waals surface area contributed by atoms with Gasteiger partial charge in [0.25, 0.3) is 5.91 Å². The van der Waals surface area contributed by atoms with E-state index < -0.39 is 0 Å². The number of fused-ring (bicyclic) bond motifs is 4. The van der Waals surface area contributed by atoms with Crippen molar-refractivity contribution >= 4 is 28.0 Å². The van der Waals surface area contributed by atoms with Crippen LogP contribution in [0.4, 0.5) is 0 Å². The standard InChI is InChI=1S/C16H19N3OS/c1-10-15(11-2-4-19(10)5-3-11)18-16(20)14-6-12-8-21-9-13(12)7-17-14/h6-11,15H,2-5H2,1H3,(H,18,20)/t10-,15-/m0/s1. The molecule has 0 saturated carbocycles. The first kappa shape index (κ1) is 13.2. The van der Waals surface area contributed by atoms with E-state index in [9.17, 15) is 4.79 Å². The predicted octanol–water partition coefficient (Wildman–Crippen LogP) is 2.51. The molecule has 110 valence electrons. The van der Waals surface area contributed by atoms with Crippen LogP contribution in [0.2, 0.25) is 0 Å². The Kier molecular flexibility index (Phi) is 3.19. The van der Waals surface area contributed by atoms with Gasteiger partial charge in [-0.25, -0.2) is 0 Å². The van der Waals surface area contributed by atoms with E-state index in [0.717, 1.165) is 10.8 Å². The fraction of sp³-hybridized carbons (Fsp3) is 0.500. The highest BCUT2D eigenvalue weighted by Crippen LogP contribution is 2.32. The molecule has 5 heterocycles. The Balaban J connectivity index is 1.54. The van der Waals surface area contributed by atoms with Crippen LogP contribution in [-0.4, -0.2) is 41.0 Å². The summed E-state index contributed by atoms with van der Waals surface area (Å²) in [5, 5.41) is 9.55. The number of thiophene rings is 1. The lowest BCUT2D eigenvalue weighted by Gasteiger charge is -2.49. The molecule has 3 aliphatic heterocycles. The van der Waals surface area contributed by atoms with Gasteiger partial charge in [0.2, 0.25) is 0 Å². The Labute approximate surface area is 128 Å². The molecule has 0 aromatic carbocycles. The molecule has 2 aromatic heterocycles. The average molecular weight is 301 g/mol. The topological polar surface area (TPSA) is 45.2 Å². The largest absolute Gasteiger partial charge is 0.346 e. The summed E-state index contributed by atoms with van der Waals surface area (Å²) in [5.74, 6) is 0.590. The van der Waals surface area contributed by atoms with Crippen LogP contribution in [0.1, 0.15) is 30.3 Å². The second kappa shape index (κ2) is 5.07. The lowest BCUT2D eigenvalue weighted by molar-refractivity contribution is 0.0216. The van der Waals surface area contributed by atoms with Crippen molar-refractivity contribution in [3.05, 3.63) is 28.7 Å². The SMILES string of the molecule is C[C@H]1[C@H](NC(=O)c2cc3cscc3cn2)C2CCN1CC2. The third-order valence-corrected chi connectivity index (χ3v) is 5.85. The number of rotatable bonds is 2. The van der Waals surface area contributed by atoms with Crippen LogP contribution in [0, 0.1) is 5.92 Å². The fourth-order valence-electron chi connectivity index (χ4n) is 3.76. The first-order valence-electron chi connectivity index (χ1n) is 7.59. The van der Waals surface area contributed by atoms with E-state index in [4.69, 9.17) is 0 Å². The van der Waals surface area contributed by atoms with Gasteiger partial charge in [-0.15, -0.1) is 0 Å². The summed E-state index contributed by atoms with van der Waals surface area (Å²) in [7, 11) is 0. The van der Waals surface area contributed by atoms with E-state index in [2.05, 4.69) is 32.9 Å². The Morgan fingerprint density at radius 3 is 2.86 bits per heavy atom. The number of carbonyl (C=O) groups is 1. The summed E-state index contributed by atoms with van der Waals surface area (Å²) in [6, 6.07) is 2.60. The summed E-state index contributed by atoms with van der Waals surface area (Å²) < 4.78 is 0. The predicted molar refractivity (Wildman–Crippen MR) is 84.6 cm³/mol. The highest BCUT2D eigenvalue weighted by Gasteiger charge is 2.40. The van der Waals surface area contributed by atoms with E-state index >= 15 is 0 Å². The lowest BCUT2D eigenvalue weighted by Crippen LogP contribution is -2.62. The average Bonchev–Trinajstić information content (AvgIpc) is 2.98. The number of amides is 1. The van der Waals surface area contributed by atoms with Crippen LogP contribution in [0.5, 0.6) is 0 Å². The van der Waals surface area contributed by atoms with E-state index in [1.54, 1.807) is 17.5 Å². The Hall–Kier alpha value is -1.46. The van der Waals surface area contributed by atoms with E-state index in [1.165, 1.54) is 25.9 Å². The van der Waals surface area contributed by atoms with Gasteiger partial charge in [0.15, 0.2) is 0 Å². The summed E-state index contributed by atoms with van der Waals surface area (Å²) >= 11 is 1.64. The minimum absolute atomic E-state index is 0.0336. The zero-order valence-electron chi connectivity index (χ0n) is 12.1. The monoisotopic (exact) mass is 301 g/mol. The second-order valence-corrected chi connectivity index (χ2v) is 6.93. The molecule has 0 radical (unpaired) electrons. The maximum absolute atomic E-state index is 12.5. The van der Waals surface area contributed by atoms with Crippen LogP contribution in [-0.2, 0) is 0 Å². The van der Waals surface area contributed by atoms with Gasteiger partial charge in [-0.3, -0.25) is 14.7 Å². The first-order valence-corrected chi connectivity index (χ1v) is 8.53. The summed E-state index contributed by atoms with van der Waals surface area (Å²) in [4.78, 5) is 19.3. The van der Waals surface area contributed by atoms with Gasteiger partial charge in [0, 0.05) is 29.0 Å². The van der Waals surface area contributed by atoms with Crippen molar-refractivity contribution in [3.8, 4) is 0 Å². The van der Waals surface area contributed by atoms with Crippen LogP contribution < -0.4 is 5.32 Å². The van der Waals surface area contributed by atoms with Crippen molar-refractivity contribution in [2.24, 2.45) is 5.92 Å². The Bertz CT molecular complexity index is 673. The van der Waals surface area contributed by atoms with E-state index in [-0.39, 0.29) is 11.9 Å². The first-order chi connectivity index (χ1) is 10.2. The van der Waals surface area contributed by atoms with Crippen molar-refractivity contribution in [3.63, 3.8) is 0 Å². The minimum Gasteiger partial charge on any atom is -0.346 e. The third-order valence-electron chi connectivity index (χ3n) is 5.07. The number of nitrogens with zero attached hydrogens (tertiary/aromatic N) is 2. The van der Waals surface area contributed by atoms with Crippen molar-refractivity contribution < 1.29 is 4.79 Å². The number of aromatic nitrogens is 1. The molecule has 5 heteroatoms. The maximum atomic E-state index is 12.5. The van der Waals surface area contributed by atoms with Gasteiger partial charge < -0.3 is 5.32 Å². The van der Waals surface area contributed by atoms with Crippen LogP contribution >= 0.6 is 11.3 Å². The molecule has 3 fully saturated rings. The van der Waals surface area contributed by atoms with Crippen LogP contribution in [0.25, 0.3) is 10.8 Å². The van der Waals surface area contributed by atoms with Crippen LogP contribution in [0.3, 0.4) is 0 Å². The van der Waals surface area contributed by atoms with Crippen molar-refractivity contribution in [1.82, 2.24) is 15.2 Å². The van der Waals surface area contributed by atoms with Gasteiger partial charge in [-0.05, 0) is 55.6 Å². The van der Waals surface area contributed by atoms with E-state index in [1.807, 2.05) is 6.07 Å². The summed E-state index contributed by atoms with van der Waals surface area (Å²) in [6.45, 7) is 4.58. The van der Waals surface area contributed by atoms with Gasteiger partial charge >= 0.3 is 0 Å². The quantitative estimate of drug-likeness (QED) is 0.927. The molecule has 4 nitrogen and oxygen atoms in total. The van der Waals surface area contributed by atoms with Gasteiger partial charge in [-0.2, -0.15) is 11.3 Å². The zero-order chi connectivity index (χ0) is 14.4. The van der Waals surface area contributed by atoms with Gasteiger partial charge in [-0.1, -0.05) is 0 Å². The smallest absolute Gasteiger partial charge is 0.270 e. The third kappa shape index (κ3) is 2.24. The molecule has 3 saturated heterocycles. The number of hydrogen-bond acceptors (Lipinski definition) is 4. The molecule has 3 aliphatic rings. The second-order valence-electron chi connectivity index (χ2n) is 6.18. The molecule has 1 N–H and O–H groups in total. The Morgan fingerprint density at radius 2 is 2.10 bits per heavy atom. The van der Waals surface area contributed by atoms with Crippen molar-refractivity contribution in [1.29, 1.82) is 0 Å². The maximum Gasteiger partial charge on any atom is 0.270 e. The van der Waals surface area contributed by atoms with Gasteiger partial charge in [0.05, 0.1) is 0 Å². The molecule has 2 bridgehead atoms. The number of carbonyl (C=O) groups excluding carboxylic acids is 1. The lowest BCUT2D eigenvalue weighted by atomic mass is 9.79. The molecule has 2 aromatic rings. The fourth-order valence-corrected chi connectivity index (χ4v) is 4.52. The molecule has 1 amide bonds. The normalized spacial score (nSPS) is 31.5. The van der Waals surface area contributed by atoms with E-state index in [0.29, 0.717) is 17.7 Å². The molecule has 0 aliphatic carbocycles. The summed E-state index contributed by atoms with van der Waals surface area (Å²) in [6.07, 6.45) is 4.19. The zero-order valence-corrected chi connectivity index (χ0v) is 12.9. The molecule has 5 rings (SSSR count). The van der Waals surface area contributed by atoms with Gasteiger partial charge in [0.1, 0.15) is 5.69 Å². The number of hydrogen-bond donors (Lipinski definition) is 1. The summed E-state index contributed by atoms with van der Waals surface area (Å²) in [5.41, 5.74) is 0.532. The molecular formula is C16H19N3OS. The molecule has 0 unspecified atom stereocenters. The number of pyridine rings is 1. The number of piperidine rings is 3. The highest BCUT2D eigenvalue weighted by atomic mass is 32.1. The minimum atomic E-state index is -0.0336. The van der Waals surface area contributed by atoms with Crippen LogP contribution in [0.15, 0.2) is 23.0 Å². The number of nitrogens with one attached hydrogen (secondary N) is 1. The molecule has 0 spiro atoms. The Morgan fingerprint density at radius 1 is 1.33 bits per heavy atom. The highest BCUT2D eigenvalue weighted by molar-refractivity contribution is 7.09.